The van der Waals surface area contributed by atoms with Crippen molar-refractivity contribution in [1.82, 2.24) is 9.29 Å². The predicted molar refractivity (Wildman–Crippen MR) is 73.8 cm³/mol. The summed E-state index contributed by atoms with van der Waals surface area (Å²) >= 11 is 0. The van der Waals surface area contributed by atoms with E-state index in [0.717, 1.165) is 0 Å². The summed E-state index contributed by atoms with van der Waals surface area (Å²) in [4.78, 5) is 4.08. The van der Waals surface area contributed by atoms with E-state index in [-0.39, 0.29) is 17.5 Å². The molecule has 112 valence electrons. The predicted octanol–water partition coefficient (Wildman–Crippen LogP) is 0.896. The van der Waals surface area contributed by atoms with Gasteiger partial charge in [0, 0.05) is 32.6 Å². The Balaban J connectivity index is 2.27. The molecule has 7 heteroatoms. The Labute approximate surface area is 119 Å². The Kier molecular flexibility index (Phi) is 4.43. The number of morpholine rings is 1. The number of methoxy groups -OCH3 is 1. The summed E-state index contributed by atoms with van der Waals surface area (Å²) in [7, 11) is -1.97. The Bertz CT molecular complexity index is 545. The number of sulfonamides is 1. The number of hydrogen-bond acceptors (Lipinski definition) is 5. The van der Waals surface area contributed by atoms with Gasteiger partial charge in [-0.2, -0.15) is 4.31 Å². The molecule has 0 amide bonds. The maximum Gasteiger partial charge on any atom is 0.244 e. The van der Waals surface area contributed by atoms with Crippen molar-refractivity contribution in [3.63, 3.8) is 0 Å². The number of hydrogen-bond donors (Lipinski definition) is 0. The molecule has 1 aromatic rings. The third kappa shape index (κ3) is 3.35. The maximum absolute atomic E-state index is 12.6. The molecule has 1 aromatic heterocycles. The van der Waals surface area contributed by atoms with Gasteiger partial charge in [-0.15, -0.1) is 0 Å². The lowest BCUT2D eigenvalue weighted by Crippen LogP contribution is -2.55. The summed E-state index contributed by atoms with van der Waals surface area (Å²) in [5.41, 5.74) is -0.545. The van der Waals surface area contributed by atoms with Crippen LogP contribution in [0.1, 0.15) is 13.8 Å². The Morgan fingerprint density at radius 2 is 2.30 bits per heavy atom. The molecular weight excluding hydrogens is 280 g/mol. The first-order valence-electron chi connectivity index (χ1n) is 6.42. The van der Waals surface area contributed by atoms with Crippen LogP contribution in [0.2, 0.25) is 0 Å². The van der Waals surface area contributed by atoms with E-state index in [4.69, 9.17) is 9.47 Å². The molecule has 0 N–H and O–H groups in total. The molecule has 0 aromatic carbocycles. The van der Waals surface area contributed by atoms with Gasteiger partial charge in [0.1, 0.15) is 4.90 Å². The van der Waals surface area contributed by atoms with Gasteiger partial charge in [-0.1, -0.05) is 0 Å². The SMILES string of the molecule is COC[C@@H]1CN(S(=O)(=O)c2cccnc2)CC(C)(C)O1. The number of ether oxygens (including phenoxy) is 2. The third-order valence-electron chi connectivity index (χ3n) is 3.07. The molecule has 1 fully saturated rings. The van der Waals surface area contributed by atoms with Crippen molar-refractivity contribution >= 4 is 10.0 Å². The van der Waals surface area contributed by atoms with E-state index in [2.05, 4.69) is 4.98 Å². The second-order valence-corrected chi connectivity index (χ2v) is 7.38. The topological polar surface area (TPSA) is 68.7 Å². The summed E-state index contributed by atoms with van der Waals surface area (Å²) in [6, 6.07) is 3.17. The number of nitrogens with zero attached hydrogens (tertiary/aromatic N) is 2. The van der Waals surface area contributed by atoms with Gasteiger partial charge in [0.05, 0.1) is 18.3 Å². The smallest absolute Gasteiger partial charge is 0.244 e. The fourth-order valence-corrected chi connectivity index (χ4v) is 3.93. The van der Waals surface area contributed by atoms with E-state index < -0.39 is 15.6 Å². The van der Waals surface area contributed by atoms with Gasteiger partial charge in [0.25, 0.3) is 0 Å². The molecule has 0 saturated carbocycles. The van der Waals surface area contributed by atoms with Crippen LogP contribution in [0, 0.1) is 0 Å². The highest BCUT2D eigenvalue weighted by Gasteiger charge is 2.39. The van der Waals surface area contributed by atoms with Gasteiger partial charge in [-0.25, -0.2) is 8.42 Å². The van der Waals surface area contributed by atoms with Crippen LogP contribution in [-0.2, 0) is 19.5 Å². The van der Waals surface area contributed by atoms with Crippen LogP contribution in [0.25, 0.3) is 0 Å². The van der Waals surface area contributed by atoms with E-state index in [1.165, 1.54) is 10.5 Å². The molecule has 0 radical (unpaired) electrons. The molecule has 20 heavy (non-hydrogen) atoms. The van der Waals surface area contributed by atoms with E-state index in [9.17, 15) is 8.42 Å². The van der Waals surface area contributed by atoms with Crippen LogP contribution in [0.3, 0.4) is 0 Å². The van der Waals surface area contributed by atoms with Crippen LogP contribution in [0.4, 0.5) is 0 Å². The fraction of sp³-hybridized carbons (Fsp3) is 0.615. The Hall–Kier alpha value is -1.02. The zero-order valence-electron chi connectivity index (χ0n) is 11.9. The summed E-state index contributed by atoms with van der Waals surface area (Å²) < 4.78 is 37.6. The molecule has 1 aliphatic rings. The standard InChI is InChI=1S/C13H20N2O4S/c1-13(2)10-15(8-11(19-13)9-18-3)20(16,17)12-5-4-6-14-7-12/h4-7,11H,8-10H2,1-3H3/t11-/m0/s1. The molecular formula is C13H20N2O4S. The summed E-state index contributed by atoms with van der Waals surface area (Å²) in [6.07, 6.45) is 2.65. The lowest BCUT2D eigenvalue weighted by atomic mass is 10.1. The second-order valence-electron chi connectivity index (χ2n) is 5.44. The minimum absolute atomic E-state index is 0.203. The molecule has 0 spiro atoms. The zero-order chi connectivity index (χ0) is 14.8. The van der Waals surface area contributed by atoms with E-state index >= 15 is 0 Å². The number of pyridine rings is 1. The first kappa shape index (κ1) is 15.4. The average Bonchev–Trinajstić information content (AvgIpc) is 2.38. The van der Waals surface area contributed by atoms with Crippen molar-refractivity contribution < 1.29 is 17.9 Å². The molecule has 6 nitrogen and oxygen atoms in total. The molecule has 1 atom stereocenters. The normalized spacial score (nSPS) is 23.6. The monoisotopic (exact) mass is 300 g/mol. The molecule has 1 aliphatic heterocycles. The largest absolute Gasteiger partial charge is 0.382 e. The van der Waals surface area contributed by atoms with Crippen LogP contribution in [0.5, 0.6) is 0 Å². The zero-order valence-corrected chi connectivity index (χ0v) is 12.8. The second kappa shape index (κ2) is 5.77. The molecule has 0 aliphatic carbocycles. The first-order valence-corrected chi connectivity index (χ1v) is 7.86. The highest BCUT2D eigenvalue weighted by atomic mass is 32.2. The van der Waals surface area contributed by atoms with Crippen molar-refractivity contribution in [2.45, 2.75) is 30.4 Å². The highest BCUT2D eigenvalue weighted by molar-refractivity contribution is 7.89. The van der Waals surface area contributed by atoms with E-state index in [1.54, 1.807) is 25.4 Å². The van der Waals surface area contributed by atoms with Crippen molar-refractivity contribution in [3.8, 4) is 0 Å². The molecule has 2 heterocycles. The Morgan fingerprint density at radius 1 is 1.55 bits per heavy atom. The fourth-order valence-electron chi connectivity index (χ4n) is 2.35. The third-order valence-corrected chi connectivity index (χ3v) is 4.87. The van der Waals surface area contributed by atoms with Crippen molar-refractivity contribution in [3.05, 3.63) is 24.5 Å². The van der Waals surface area contributed by atoms with Gasteiger partial charge in [0.15, 0.2) is 0 Å². The Morgan fingerprint density at radius 3 is 2.90 bits per heavy atom. The molecule has 1 saturated heterocycles. The van der Waals surface area contributed by atoms with Gasteiger partial charge >= 0.3 is 0 Å². The quantitative estimate of drug-likeness (QED) is 0.826. The highest BCUT2D eigenvalue weighted by Crippen LogP contribution is 2.26. The van der Waals surface area contributed by atoms with Crippen LogP contribution < -0.4 is 0 Å². The molecule has 0 bridgehead atoms. The first-order chi connectivity index (χ1) is 9.35. The summed E-state index contributed by atoms with van der Waals surface area (Å²) in [6.45, 7) is 4.71. The molecule has 2 rings (SSSR count). The lowest BCUT2D eigenvalue weighted by Gasteiger charge is -2.41. The van der Waals surface area contributed by atoms with E-state index in [1.807, 2.05) is 13.8 Å². The lowest BCUT2D eigenvalue weighted by molar-refractivity contribution is -0.135. The number of aromatic nitrogens is 1. The molecule has 0 unspecified atom stereocenters. The van der Waals surface area contributed by atoms with Crippen molar-refractivity contribution in [1.29, 1.82) is 0 Å². The summed E-state index contributed by atoms with van der Waals surface area (Å²) in [5, 5.41) is 0. The van der Waals surface area contributed by atoms with Gasteiger partial charge in [-0.05, 0) is 26.0 Å². The summed E-state index contributed by atoms with van der Waals surface area (Å²) in [5.74, 6) is 0. The van der Waals surface area contributed by atoms with Gasteiger partial charge in [0.2, 0.25) is 10.0 Å². The van der Waals surface area contributed by atoms with Crippen LogP contribution >= 0.6 is 0 Å². The van der Waals surface area contributed by atoms with Crippen molar-refractivity contribution in [2.75, 3.05) is 26.8 Å². The van der Waals surface area contributed by atoms with Crippen molar-refractivity contribution in [2.24, 2.45) is 0 Å². The number of rotatable bonds is 4. The van der Waals surface area contributed by atoms with Gasteiger partial charge < -0.3 is 9.47 Å². The minimum Gasteiger partial charge on any atom is -0.382 e. The maximum atomic E-state index is 12.6. The average molecular weight is 300 g/mol. The van der Waals surface area contributed by atoms with Crippen LogP contribution in [0.15, 0.2) is 29.4 Å². The van der Waals surface area contributed by atoms with Gasteiger partial charge in [-0.3, -0.25) is 4.98 Å². The minimum atomic E-state index is -3.55. The van der Waals surface area contributed by atoms with E-state index in [0.29, 0.717) is 13.2 Å². The van der Waals surface area contributed by atoms with Crippen LogP contribution in [-0.4, -0.2) is 56.2 Å².